The summed E-state index contributed by atoms with van der Waals surface area (Å²) >= 11 is 0. The SMILES string of the molecule is COc1cc(C(=O)N(Cc2cccnc2)c2cccc(C)c2)cc(OC)c1OC. The van der Waals surface area contributed by atoms with Gasteiger partial charge >= 0.3 is 0 Å². The summed E-state index contributed by atoms with van der Waals surface area (Å²) in [6, 6.07) is 14.9. The van der Waals surface area contributed by atoms with Gasteiger partial charge in [0.05, 0.1) is 27.9 Å². The van der Waals surface area contributed by atoms with Crippen molar-refractivity contribution in [3.8, 4) is 17.2 Å². The number of pyridine rings is 1. The summed E-state index contributed by atoms with van der Waals surface area (Å²) in [5.74, 6) is 1.13. The van der Waals surface area contributed by atoms with Crippen molar-refractivity contribution >= 4 is 11.6 Å². The van der Waals surface area contributed by atoms with E-state index in [1.165, 1.54) is 21.3 Å². The average molecular weight is 392 g/mol. The topological polar surface area (TPSA) is 60.9 Å². The lowest BCUT2D eigenvalue weighted by Gasteiger charge is -2.24. The van der Waals surface area contributed by atoms with Crippen molar-refractivity contribution in [2.24, 2.45) is 0 Å². The number of methoxy groups -OCH3 is 3. The van der Waals surface area contributed by atoms with Gasteiger partial charge < -0.3 is 19.1 Å². The first-order valence-corrected chi connectivity index (χ1v) is 9.14. The molecule has 0 N–H and O–H groups in total. The zero-order valence-corrected chi connectivity index (χ0v) is 17.0. The van der Waals surface area contributed by atoms with Crippen molar-refractivity contribution in [3.63, 3.8) is 0 Å². The fourth-order valence-electron chi connectivity index (χ4n) is 3.11. The summed E-state index contributed by atoms with van der Waals surface area (Å²) in [5.41, 5.74) is 3.23. The van der Waals surface area contributed by atoms with Crippen molar-refractivity contribution in [2.45, 2.75) is 13.5 Å². The number of benzene rings is 2. The van der Waals surface area contributed by atoms with Crippen molar-refractivity contribution in [1.29, 1.82) is 0 Å². The third-order valence-corrected chi connectivity index (χ3v) is 4.53. The molecule has 0 radical (unpaired) electrons. The lowest BCUT2D eigenvalue weighted by atomic mass is 10.1. The zero-order chi connectivity index (χ0) is 20.8. The maximum atomic E-state index is 13.6. The summed E-state index contributed by atoms with van der Waals surface area (Å²) < 4.78 is 16.2. The molecule has 150 valence electrons. The van der Waals surface area contributed by atoms with E-state index in [1.807, 2.05) is 43.3 Å². The molecule has 0 aliphatic rings. The molecule has 0 fully saturated rings. The van der Waals surface area contributed by atoms with E-state index in [9.17, 15) is 4.79 Å². The van der Waals surface area contributed by atoms with E-state index < -0.39 is 0 Å². The molecule has 0 atom stereocenters. The van der Waals surface area contributed by atoms with Crippen LogP contribution in [0.15, 0.2) is 60.9 Å². The molecule has 6 heteroatoms. The second-order valence-electron chi connectivity index (χ2n) is 6.51. The second kappa shape index (κ2) is 9.10. The number of nitrogens with zero attached hydrogens (tertiary/aromatic N) is 2. The van der Waals surface area contributed by atoms with Crippen LogP contribution in [0.3, 0.4) is 0 Å². The van der Waals surface area contributed by atoms with E-state index in [2.05, 4.69) is 4.98 Å². The third kappa shape index (κ3) is 4.48. The van der Waals surface area contributed by atoms with Crippen LogP contribution in [0, 0.1) is 6.92 Å². The molecular formula is C23H24N2O4. The van der Waals surface area contributed by atoms with Crippen molar-refractivity contribution in [2.75, 3.05) is 26.2 Å². The van der Waals surface area contributed by atoms with Crippen LogP contribution in [0.4, 0.5) is 5.69 Å². The first kappa shape index (κ1) is 20.2. The number of carbonyl (C=O) groups is 1. The highest BCUT2D eigenvalue weighted by atomic mass is 16.5. The molecule has 2 aromatic carbocycles. The first-order chi connectivity index (χ1) is 14.1. The summed E-state index contributed by atoms with van der Waals surface area (Å²) in [6.07, 6.45) is 3.47. The van der Waals surface area contributed by atoms with Crippen LogP contribution in [0.5, 0.6) is 17.2 Å². The van der Waals surface area contributed by atoms with Gasteiger partial charge in [0.1, 0.15) is 0 Å². The molecule has 0 aliphatic carbocycles. The molecule has 1 amide bonds. The highest BCUT2D eigenvalue weighted by Crippen LogP contribution is 2.38. The number of hydrogen-bond donors (Lipinski definition) is 0. The molecule has 0 unspecified atom stereocenters. The van der Waals surface area contributed by atoms with Gasteiger partial charge in [0.15, 0.2) is 11.5 Å². The number of amides is 1. The smallest absolute Gasteiger partial charge is 0.258 e. The van der Waals surface area contributed by atoms with Gasteiger partial charge in [-0.05, 0) is 48.4 Å². The molecule has 6 nitrogen and oxygen atoms in total. The average Bonchev–Trinajstić information content (AvgIpc) is 2.76. The minimum absolute atomic E-state index is 0.182. The van der Waals surface area contributed by atoms with Crippen LogP contribution in [-0.4, -0.2) is 32.2 Å². The molecule has 0 aliphatic heterocycles. The van der Waals surface area contributed by atoms with Gasteiger partial charge in [-0.15, -0.1) is 0 Å². The van der Waals surface area contributed by atoms with Crippen molar-refractivity contribution < 1.29 is 19.0 Å². The molecule has 3 rings (SSSR count). The Hall–Kier alpha value is -3.54. The Balaban J connectivity index is 2.07. The molecule has 29 heavy (non-hydrogen) atoms. The highest BCUT2D eigenvalue weighted by Gasteiger charge is 2.23. The molecule has 3 aromatic rings. The number of aromatic nitrogens is 1. The summed E-state index contributed by atoms with van der Waals surface area (Å²) in [7, 11) is 4.59. The number of anilines is 1. The predicted octanol–water partition coefficient (Wildman–Crippen LogP) is 4.26. The Morgan fingerprint density at radius 1 is 0.966 bits per heavy atom. The van der Waals surface area contributed by atoms with Crippen LogP contribution < -0.4 is 19.1 Å². The van der Waals surface area contributed by atoms with Crippen LogP contribution in [-0.2, 0) is 6.54 Å². The van der Waals surface area contributed by atoms with Crippen molar-refractivity contribution in [3.05, 3.63) is 77.6 Å². The minimum Gasteiger partial charge on any atom is -0.493 e. The van der Waals surface area contributed by atoms with Gasteiger partial charge in [-0.25, -0.2) is 0 Å². The standard InChI is InChI=1S/C23H24N2O4/c1-16-7-5-9-19(11-16)25(15-17-8-6-10-24-14-17)23(26)18-12-20(27-2)22(29-4)21(13-18)28-3/h5-14H,15H2,1-4H3. The molecule has 0 saturated carbocycles. The van der Waals surface area contributed by atoms with E-state index in [0.717, 1.165) is 16.8 Å². The zero-order valence-electron chi connectivity index (χ0n) is 17.0. The first-order valence-electron chi connectivity index (χ1n) is 9.14. The molecule has 0 spiro atoms. The van der Waals surface area contributed by atoms with Gasteiger partial charge in [0.25, 0.3) is 5.91 Å². The largest absolute Gasteiger partial charge is 0.493 e. The number of carbonyl (C=O) groups excluding carboxylic acids is 1. The minimum atomic E-state index is -0.182. The molecule has 1 heterocycles. The summed E-state index contributed by atoms with van der Waals surface area (Å²) in [5, 5.41) is 0. The Morgan fingerprint density at radius 2 is 1.69 bits per heavy atom. The second-order valence-corrected chi connectivity index (χ2v) is 6.51. The molecule has 0 bridgehead atoms. The maximum absolute atomic E-state index is 13.6. The van der Waals surface area contributed by atoms with E-state index in [1.54, 1.807) is 29.4 Å². The van der Waals surface area contributed by atoms with Crippen LogP contribution in [0.1, 0.15) is 21.5 Å². The Bertz CT molecular complexity index is 964. The maximum Gasteiger partial charge on any atom is 0.258 e. The van der Waals surface area contributed by atoms with Gasteiger partial charge in [-0.1, -0.05) is 18.2 Å². The van der Waals surface area contributed by atoms with Gasteiger partial charge in [-0.3, -0.25) is 9.78 Å². The van der Waals surface area contributed by atoms with Crippen molar-refractivity contribution in [1.82, 2.24) is 4.98 Å². The Morgan fingerprint density at radius 3 is 2.24 bits per heavy atom. The monoisotopic (exact) mass is 392 g/mol. The van der Waals surface area contributed by atoms with Gasteiger partial charge in [0, 0.05) is 23.6 Å². The fraction of sp³-hybridized carbons (Fsp3) is 0.217. The van der Waals surface area contributed by atoms with E-state index in [-0.39, 0.29) is 5.91 Å². The summed E-state index contributed by atoms with van der Waals surface area (Å²) in [6.45, 7) is 2.38. The lowest BCUT2D eigenvalue weighted by Crippen LogP contribution is -2.30. The fourth-order valence-corrected chi connectivity index (χ4v) is 3.11. The Kier molecular flexibility index (Phi) is 6.34. The third-order valence-electron chi connectivity index (χ3n) is 4.53. The number of rotatable bonds is 7. The highest BCUT2D eigenvalue weighted by molar-refractivity contribution is 6.06. The van der Waals surface area contributed by atoms with E-state index >= 15 is 0 Å². The van der Waals surface area contributed by atoms with E-state index in [4.69, 9.17) is 14.2 Å². The molecule has 0 saturated heterocycles. The predicted molar refractivity (Wildman–Crippen MR) is 112 cm³/mol. The number of ether oxygens (including phenoxy) is 3. The number of hydrogen-bond acceptors (Lipinski definition) is 5. The normalized spacial score (nSPS) is 10.3. The van der Waals surface area contributed by atoms with Crippen LogP contribution in [0.2, 0.25) is 0 Å². The summed E-state index contributed by atoms with van der Waals surface area (Å²) in [4.78, 5) is 19.4. The lowest BCUT2D eigenvalue weighted by molar-refractivity contribution is 0.0984. The van der Waals surface area contributed by atoms with Crippen LogP contribution in [0.25, 0.3) is 0 Å². The Labute approximate surface area is 170 Å². The number of aryl methyl sites for hydroxylation is 1. The van der Waals surface area contributed by atoms with Gasteiger partial charge in [0.2, 0.25) is 5.75 Å². The quantitative estimate of drug-likeness (QED) is 0.601. The van der Waals surface area contributed by atoms with E-state index in [0.29, 0.717) is 29.4 Å². The molecule has 1 aromatic heterocycles. The van der Waals surface area contributed by atoms with Gasteiger partial charge in [-0.2, -0.15) is 0 Å². The van der Waals surface area contributed by atoms with Crippen LogP contribution >= 0.6 is 0 Å². The molecular weight excluding hydrogens is 368 g/mol.